The van der Waals surface area contributed by atoms with Crippen molar-refractivity contribution < 1.29 is 29.4 Å². The average molecular weight is 577 g/mol. The molecule has 0 unspecified atom stereocenters. The molecule has 0 saturated heterocycles. The van der Waals surface area contributed by atoms with Crippen LogP contribution in [-0.2, 0) is 23.6 Å². The molecule has 200 valence electrons. The molecule has 0 aromatic rings. The van der Waals surface area contributed by atoms with E-state index in [0.29, 0.717) is 0 Å². The zero-order valence-corrected chi connectivity index (χ0v) is 25.6. The highest BCUT2D eigenvalue weighted by atomic mass is 32.5. The molecule has 0 amide bonds. The Morgan fingerprint density at radius 1 is 0.469 bits per heavy atom. The van der Waals surface area contributed by atoms with Crippen molar-refractivity contribution in [2.24, 2.45) is 0 Å². The normalized spacial score (nSPS) is 10.8. The van der Waals surface area contributed by atoms with Gasteiger partial charge in [0.1, 0.15) is 0 Å². The minimum absolute atomic E-state index is 1.29. The maximum Gasteiger partial charge on any atom is 0.319 e. The van der Waals surface area contributed by atoms with Crippen molar-refractivity contribution in [3.63, 3.8) is 0 Å². The predicted molar refractivity (Wildman–Crippen MR) is 155 cm³/mol. The van der Waals surface area contributed by atoms with E-state index in [1.54, 1.807) is 0 Å². The molecule has 0 bridgehead atoms. The molecule has 0 aliphatic carbocycles. The molecule has 0 atom stereocenters. The van der Waals surface area contributed by atoms with Crippen LogP contribution in [0.2, 0.25) is 0 Å². The monoisotopic (exact) mass is 576 g/mol. The molecule has 0 rings (SSSR count). The SMILES string of the molecule is CCCCCCCCSCC.CCCCCCCCSCC.OP(O)(O)=S.OP(O)(O)=S. The second-order valence-electron chi connectivity index (χ2n) is 6.96. The molecule has 0 aromatic carbocycles. The fraction of sp³-hybridized carbons (Fsp3) is 1.00. The van der Waals surface area contributed by atoms with Crippen molar-refractivity contribution >= 4 is 60.6 Å². The van der Waals surface area contributed by atoms with Crippen LogP contribution in [0.15, 0.2) is 0 Å². The standard InChI is InChI=1S/2C10H22S.2H3O3PS/c2*1-3-5-6-7-8-9-10-11-4-2;2*1-4(2,3)5/h2*3-10H2,1-2H3;2*(H3,1,2,3,5). The van der Waals surface area contributed by atoms with Crippen molar-refractivity contribution in [1.29, 1.82) is 0 Å². The van der Waals surface area contributed by atoms with E-state index < -0.39 is 13.4 Å². The van der Waals surface area contributed by atoms with Gasteiger partial charge in [-0.15, -0.1) is 0 Å². The highest BCUT2D eigenvalue weighted by Crippen LogP contribution is 2.27. The summed E-state index contributed by atoms with van der Waals surface area (Å²) in [5, 5.41) is 0. The first-order chi connectivity index (χ1) is 14.8. The Morgan fingerprint density at radius 3 is 0.906 bits per heavy atom. The fourth-order valence-electron chi connectivity index (χ4n) is 2.26. The Kier molecular flexibility index (Phi) is 41.9. The van der Waals surface area contributed by atoms with E-state index in [9.17, 15) is 0 Å². The van der Waals surface area contributed by atoms with Crippen LogP contribution in [-0.4, -0.2) is 52.4 Å². The van der Waals surface area contributed by atoms with Gasteiger partial charge in [0.2, 0.25) is 0 Å². The Labute approximate surface area is 216 Å². The minimum atomic E-state index is -3.81. The first kappa shape index (κ1) is 40.9. The van der Waals surface area contributed by atoms with Gasteiger partial charge in [-0.3, -0.25) is 0 Å². The summed E-state index contributed by atoms with van der Waals surface area (Å²) < 4.78 is 0. The van der Waals surface area contributed by atoms with Gasteiger partial charge in [0, 0.05) is 0 Å². The molecule has 0 aliphatic rings. The van der Waals surface area contributed by atoms with Crippen LogP contribution in [0.4, 0.5) is 0 Å². The predicted octanol–water partition coefficient (Wildman–Crippen LogP) is 6.58. The molecule has 0 radical (unpaired) electrons. The van der Waals surface area contributed by atoms with E-state index >= 15 is 0 Å². The van der Waals surface area contributed by atoms with Crippen molar-refractivity contribution in [1.82, 2.24) is 0 Å². The van der Waals surface area contributed by atoms with Gasteiger partial charge in [0.25, 0.3) is 0 Å². The third kappa shape index (κ3) is 95.3. The number of unbranched alkanes of at least 4 members (excludes halogenated alkanes) is 10. The van der Waals surface area contributed by atoms with E-state index in [0.717, 1.165) is 0 Å². The summed E-state index contributed by atoms with van der Waals surface area (Å²) in [7, 11) is 0. The lowest BCUT2D eigenvalue weighted by atomic mass is 10.1. The molecule has 0 heterocycles. The summed E-state index contributed by atoms with van der Waals surface area (Å²) in [6.45, 7) is 1.41. The molecular formula is C20H50O6P2S4. The maximum absolute atomic E-state index is 7.56. The summed E-state index contributed by atoms with van der Waals surface area (Å²) in [4.78, 5) is 45.3. The Bertz CT molecular complexity index is 352. The number of hydrogen-bond donors (Lipinski definition) is 6. The van der Waals surface area contributed by atoms with Gasteiger partial charge in [-0.05, 0) is 59.5 Å². The van der Waals surface area contributed by atoms with E-state index in [1.165, 1.54) is 100 Å². The van der Waals surface area contributed by atoms with Crippen molar-refractivity contribution in [2.75, 3.05) is 23.0 Å². The van der Waals surface area contributed by atoms with Crippen LogP contribution in [0.1, 0.15) is 105 Å². The molecule has 0 aliphatic heterocycles. The summed E-state index contributed by atoms with van der Waals surface area (Å²) in [6, 6.07) is 0. The molecule has 0 saturated carbocycles. The Balaban J connectivity index is -0.000000175. The molecule has 6 N–H and O–H groups in total. The molecule has 12 heteroatoms. The maximum atomic E-state index is 7.56. The molecular weight excluding hydrogens is 526 g/mol. The van der Waals surface area contributed by atoms with Gasteiger partial charge in [0.05, 0.1) is 0 Å². The lowest BCUT2D eigenvalue weighted by molar-refractivity contribution is 0.361. The lowest BCUT2D eigenvalue weighted by Gasteiger charge is -1.99. The second-order valence-corrected chi connectivity index (χ2v) is 14.7. The average Bonchev–Trinajstić information content (AvgIpc) is 2.65. The summed E-state index contributed by atoms with van der Waals surface area (Å²) in [6.07, 6.45) is 17.2. The minimum Gasteiger partial charge on any atom is -0.325 e. The molecule has 6 nitrogen and oxygen atoms in total. The van der Waals surface area contributed by atoms with Crippen LogP contribution >= 0.6 is 37.0 Å². The molecule has 0 aromatic heterocycles. The second kappa shape index (κ2) is 32.8. The number of thioether (sulfide) groups is 2. The Hall–Kier alpha value is 1.76. The summed E-state index contributed by atoms with van der Waals surface area (Å²) in [5.74, 6) is 5.33. The van der Waals surface area contributed by atoms with Crippen LogP contribution in [0, 0.1) is 0 Å². The van der Waals surface area contributed by atoms with Crippen LogP contribution in [0.5, 0.6) is 0 Å². The van der Waals surface area contributed by atoms with E-state index in [1.807, 2.05) is 0 Å². The Morgan fingerprint density at radius 2 is 0.688 bits per heavy atom. The molecule has 0 fully saturated rings. The van der Waals surface area contributed by atoms with Gasteiger partial charge in [-0.1, -0.05) is 91.9 Å². The largest absolute Gasteiger partial charge is 0.325 e. The summed E-state index contributed by atoms with van der Waals surface area (Å²) >= 11 is 11.4. The van der Waals surface area contributed by atoms with Gasteiger partial charge in [-0.25, -0.2) is 0 Å². The topological polar surface area (TPSA) is 121 Å². The first-order valence-electron chi connectivity index (χ1n) is 11.5. The van der Waals surface area contributed by atoms with Crippen LogP contribution in [0.3, 0.4) is 0 Å². The number of hydrogen-bond acceptors (Lipinski definition) is 4. The quantitative estimate of drug-likeness (QED) is 0.0888. The molecule has 32 heavy (non-hydrogen) atoms. The van der Waals surface area contributed by atoms with Gasteiger partial charge in [-0.2, -0.15) is 23.5 Å². The van der Waals surface area contributed by atoms with Gasteiger partial charge in [0.15, 0.2) is 0 Å². The fourth-order valence-corrected chi connectivity index (χ4v) is 3.65. The number of rotatable bonds is 16. The van der Waals surface area contributed by atoms with E-state index in [2.05, 4.69) is 74.8 Å². The third-order valence-corrected chi connectivity index (χ3v) is 5.66. The smallest absolute Gasteiger partial charge is 0.319 e. The van der Waals surface area contributed by atoms with Crippen molar-refractivity contribution in [3.8, 4) is 0 Å². The van der Waals surface area contributed by atoms with Crippen LogP contribution in [0.25, 0.3) is 0 Å². The highest BCUT2D eigenvalue weighted by molar-refractivity contribution is 8.06. The molecule has 0 spiro atoms. The van der Waals surface area contributed by atoms with E-state index in [-0.39, 0.29) is 0 Å². The summed E-state index contributed by atoms with van der Waals surface area (Å²) in [5.41, 5.74) is 0. The van der Waals surface area contributed by atoms with Gasteiger partial charge >= 0.3 is 13.4 Å². The van der Waals surface area contributed by atoms with E-state index in [4.69, 9.17) is 29.4 Å². The van der Waals surface area contributed by atoms with Crippen LogP contribution < -0.4 is 0 Å². The zero-order chi connectivity index (χ0) is 25.7. The lowest BCUT2D eigenvalue weighted by Crippen LogP contribution is -1.82. The third-order valence-electron chi connectivity index (χ3n) is 3.69. The van der Waals surface area contributed by atoms with Gasteiger partial charge < -0.3 is 29.4 Å². The van der Waals surface area contributed by atoms with Crippen molar-refractivity contribution in [3.05, 3.63) is 0 Å². The highest BCUT2D eigenvalue weighted by Gasteiger charge is 1.93. The zero-order valence-electron chi connectivity index (χ0n) is 20.5. The first-order valence-corrected chi connectivity index (χ1v) is 19.2. The van der Waals surface area contributed by atoms with Crippen molar-refractivity contribution in [2.45, 2.75) is 105 Å².